The van der Waals surface area contributed by atoms with Gasteiger partial charge in [-0.15, -0.1) is 0 Å². The van der Waals surface area contributed by atoms with E-state index < -0.39 is 77.4 Å². The second-order valence-electron chi connectivity index (χ2n) is 21.9. The lowest BCUT2D eigenvalue weighted by molar-refractivity contribution is -0.156. The lowest BCUT2D eigenvalue weighted by Gasteiger charge is -2.39. The van der Waals surface area contributed by atoms with Crippen LogP contribution in [0.1, 0.15) is 84.2 Å². The zero-order valence-corrected chi connectivity index (χ0v) is 44.6. The molecular weight excluding hydrogens is 973 g/mol. The van der Waals surface area contributed by atoms with Crippen LogP contribution in [0.15, 0.2) is 59.7 Å². The molecule has 2 fully saturated rings. The van der Waals surface area contributed by atoms with Gasteiger partial charge in [0.05, 0.1) is 54.2 Å². The van der Waals surface area contributed by atoms with E-state index in [0.29, 0.717) is 64.8 Å². The van der Waals surface area contributed by atoms with Gasteiger partial charge in [0.2, 0.25) is 11.8 Å². The van der Waals surface area contributed by atoms with Crippen LogP contribution in [-0.4, -0.2) is 139 Å². The third-order valence-electron chi connectivity index (χ3n) is 14.6. The summed E-state index contributed by atoms with van der Waals surface area (Å²) < 4.78 is 79.4. The van der Waals surface area contributed by atoms with Gasteiger partial charge in [0, 0.05) is 54.8 Å². The van der Waals surface area contributed by atoms with E-state index in [4.69, 9.17) is 14.2 Å². The fourth-order valence-electron chi connectivity index (χ4n) is 9.67. The number of carbonyl (C=O) groups is 4. The van der Waals surface area contributed by atoms with Crippen molar-refractivity contribution < 1.29 is 51.0 Å². The Hall–Kier alpha value is -6.20. The largest absolute Gasteiger partial charge is 0.464 e. The summed E-state index contributed by atoms with van der Waals surface area (Å²) in [5, 5.41) is 4.72. The Balaban J connectivity index is 1.25. The van der Waals surface area contributed by atoms with Gasteiger partial charge < -0.3 is 29.0 Å². The number of nitrogens with zero attached hydrogens (tertiary/aromatic N) is 6. The Morgan fingerprint density at radius 3 is 2.48 bits per heavy atom. The highest BCUT2D eigenvalue weighted by Gasteiger charge is 2.40. The first-order chi connectivity index (χ1) is 35.3. The number of hydrogen-bond acceptors (Lipinski definition) is 11. The average Bonchev–Trinajstić information content (AvgIpc) is 3.62. The van der Waals surface area contributed by atoms with Crippen molar-refractivity contribution in [2.45, 2.75) is 117 Å². The summed E-state index contributed by atoms with van der Waals surface area (Å²) >= 11 is 0. The molecule has 5 atom stereocenters. The Kier molecular flexibility index (Phi) is 17.3. The number of pyridine rings is 1. The van der Waals surface area contributed by atoms with E-state index in [0.717, 1.165) is 0 Å². The number of alkyl halides is 3. The second-order valence-corrected chi connectivity index (χ2v) is 21.9. The summed E-state index contributed by atoms with van der Waals surface area (Å²) in [5.74, 6) is 0.998. The number of rotatable bonds is 13. The minimum absolute atomic E-state index is 0.00235. The molecule has 0 radical (unpaired) electrons. The van der Waals surface area contributed by atoms with E-state index in [1.54, 1.807) is 54.4 Å². The van der Waals surface area contributed by atoms with Crippen molar-refractivity contribution in [2.75, 3.05) is 54.1 Å². The van der Waals surface area contributed by atoms with Gasteiger partial charge in [0.25, 0.3) is 5.91 Å². The fourth-order valence-corrected chi connectivity index (χ4v) is 9.67. The smallest absolute Gasteiger partial charge is 0.406 e. The number of aromatic nitrogens is 2. The van der Waals surface area contributed by atoms with Crippen LogP contribution in [0.4, 0.5) is 17.6 Å². The summed E-state index contributed by atoms with van der Waals surface area (Å²) in [5.41, 5.74) is 4.86. The quantitative estimate of drug-likeness (QED) is 0.0593. The zero-order valence-electron chi connectivity index (χ0n) is 44.6. The molecule has 5 heterocycles. The Labute approximate surface area is 436 Å². The van der Waals surface area contributed by atoms with Crippen LogP contribution in [0.2, 0.25) is 0 Å². The van der Waals surface area contributed by atoms with Gasteiger partial charge in [-0.05, 0) is 138 Å². The van der Waals surface area contributed by atoms with E-state index in [1.807, 2.05) is 60.5 Å². The van der Waals surface area contributed by atoms with E-state index in [1.165, 1.54) is 28.8 Å². The van der Waals surface area contributed by atoms with Gasteiger partial charge in [-0.3, -0.25) is 39.1 Å². The molecule has 3 aliphatic heterocycles. The summed E-state index contributed by atoms with van der Waals surface area (Å²) in [6.07, 6.45) is -4.52. The SMILES string of the molecule is C=NC(NC(=O)[C@@H](COC1CN(C(=O)C#CC(C)(C)N(C)C)C1)C(C)C)[C@H]1Cc2cc(F)cc(c2)-c2ccc3c(c2)c(c(-c2cccnc2[C@H](C)OC)n3CC(F)(F)F)CC(C)(C)COC(=O)[C@@H]2CCCN(N2)C1=O. The first kappa shape index (κ1) is 56.5. The fraction of sp³-hybridized carbons (Fsp3) is 0.536. The number of hydrazine groups is 1. The van der Waals surface area contributed by atoms with Crippen molar-refractivity contribution in [2.24, 2.45) is 28.2 Å². The lowest BCUT2D eigenvalue weighted by atomic mass is 9.84. The maximum absolute atomic E-state index is 16.1. The normalized spacial score (nSPS) is 19.9. The number of esters is 1. The Bertz CT molecular complexity index is 2850. The molecule has 2 N–H and O–H groups in total. The Morgan fingerprint density at radius 1 is 1.08 bits per heavy atom. The molecule has 0 spiro atoms. The summed E-state index contributed by atoms with van der Waals surface area (Å²) in [6, 6.07) is 11.7. The number of hydrogen-bond donors (Lipinski definition) is 2. The number of nitrogens with one attached hydrogen (secondary N) is 2. The molecule has 404 valence electrons. The number of ether oxygens (including phenoxy) is 3. The number of carbonyl (C=O) groups excluding carboxylic acids is 4. The minimum Gasteiger partial charge on any atom is -0.464 e. The number of likely N-dealkylation sites (tertiary alicyclic amines) is 1. The van der Waals surface area contributed by atoms with E-state index in [-0.39, 0.29) is 61.7 Å². The van der Waals surface area contributed by atoms with Crippen LogP contribution < -0.4 is 10.7 Å². The molecule has 1 unspecified atom stereocenters. The molecule has 15 nitrogen and oxygen atoms in total. The number of cyclic esters (lactones) is 1. The van der Waals surface area contributed by atoms with Crippen LogP contribution >= 0.6 is 0 Å². The molecule has 75 heavy (non-hydrogen) atoms. The third kappa shape index (κ3) is 13.3. The number of methoxy groups -OCH3 is 1. The first-order valence-corrected chi connectivity index (χ1v) is 25.4. The topological polar surface area (TPSA) is 160 Å². The average molecular weight is 1040 g/mol. The van der Waals surface area contributed by atoms with Crippen molar-refractivity contribution in [3.05, 3.63) is 77.4 Å². The highest BCUT2D eigenvalue weighted by atomic mass is 19.4. The summed E-state index contributed by atoms with van der Waals surface area (Å²) in [7, 11) is 5.26. The van der Waals surface area contributed by atoms with Crippen LogP contribution in [0.5, 0.6) is 0 Å². The minimum atomic E-state index is -4.64. The Morgan fingerprint density at radius 2 is 1.81 bits per heavy atom. The van der Waals surface area contributed by atoms with Gasteiger partial charge in [-0.1, -0.05) is 45.7 Å². The van der Waals surface area contributed by atoms with Crippen molar-refractivity contribution in [1.29, 1.82) is 0 Å². The molecule has 7 rings (SSSR count). The molecule has 6 bridgehead atoms. The molecule has 2 aromatic heterocycles. The zero-order chi connectivity index (χ0) is 54.7. The molecule has 4 aromatic rings. The van der Waals surface area contributed by atoms with Crippen molar-refractivity contribution >= 4 is 41.3 Å². The van der Waals surface area contributed by atoms with Crippen LogP contribution in [0.3, 0.4) is 0 Å². The number of benzene rings is 2. The molecule has 2 saturated heterocycles. The maximum Gasteiger partial charge on any atom is 0.406 e. The lowest BCUT2D eigenvalue weighted by Crippen LogP contribution is -2.59. The van der Waals surface area contributed by atoms with Crippen molar-refractivity contribution in [3.63, 3.8) is 0 Å². The molecule has 19 heteroatoms. The van der Waals surface area contributed by atoms with E-state index in [9.17, 15) is 32.3 Å². The predicted octanol–water partition coefficient (Wildman–Crippen LogP) is 7.55. The molecule has 2 aromatic carbocycles. The third-order valence-corrected chi connectivity index (χ3v) is 14.6. The van der Waals surface area contributed by atoms with Gasteiger partial charge >= 0.3 is 12.1 Å². The highest BCUT2D eigenvalue weighted by Crippen LogP contribution is 2.43. The molecule has 0 aliphatic carbocycles. The van der Waals surface area contributed by atoms with Gasteiger partial charge in [0.1, 0.15) is 24.6 Å². The van der Waals surface area contributed by atoms with Gasteiger partial charge in [-0.2, -0.15) is 13.2 Å². The molecule has 3 aliphatic rings. The molecule has 3 amide bonds. The van der Waals surface area contributed by atoms with Crippen LogP contribution in [0, 0.1) is 40.8 Å². The molecule has 0 saturated carbocycles. The van der Waals surface area contributed by atoms with E-state index >= 15 is 4.39 Å². The summed E-state index contributed by atoms with van der Waals surface area (Å²) in [4.78, 5) is 68.3. The first-order valence-electron chi connectivity index (χ1n) is 25.4. The highest BCUT2D eigenvalue weighted by molar-refractivity contribution is 5.96. The van der Waals surface area contributed by atoms with Crippen LogP contribution in [0.25, 0.3) is 33.3 Å². The number of aliphatic imine (C=N–C) groups is 1. The summed E-state index contributed by atoms with van der Waals surface area (Å²) in [6.45, 7) is 16.2. The number of halogens is 4. The van der Waals surface area contributed by atoms with E-state index in [2.05, 4.69) is 39.3 Å². The van der Waals surface area contributed by atoms with Gasteiger partial charge in [0.15, 0.2) is 0 Å². The second kappa shape index (κ2) is 23.0. The molecular formula is C56H70F4N8O7. The van der Waals surface area contributed by atoms with Gasteiger partial charge in [-0.25, -0.2) is 9.82 Å². The van der Waals surface area contributed by atoms with Crippen LogP contribution in [-0.2, 0) is 52.8 Å². The monoisotopic (exact) mass is 1040 g/mol. The van der Waals surface area contributed by atoms with Crippen molar-refractivity contribution in [3.8, 4) is 34.2 Å². The standard InChI is InChI=1S/C56H70F4N8O7/c1-33(2)44(30-74-39-28-66(29-39)47(69)18-19-55(6,7)65(9)10)51(70)63-50(61-8)42-24-35-22-37(25-38(57)23-35)36-16-17-46-41(26-36)43(27-54(4,5)32-75-53(72)45-15-13-21-68(64-45)52(42)71)49(67(46)31-56(58,59)60)40-14-12-20-62-48(40)34(3)73-11/h12,14,16-17,20,22-23,25-26,33-34,39,42,44-45,50,64H,8,13,15,21,24,27-32H2,1-7,9-11H3,(H,63,70)/t34-,42+,44-,45-,50?/m0/s1. The van der Waals surface area contributed by atoms with Crippen molar-refractivity contribution in [1.82, 2.24) is 35.1 Å². The predicted molar refractivity (Wildman–Crippen MR) is 277 cm³/mol. The number of fused-ring (bicyclic) bond motifs is 6. The number of amides is 3. The maximum atomic E-state index is 16.1.